The van der Waals surface area contributed by atoms with E-state index in [0.29, 0.717) is 38.5 Å². The Labute approximate surface area is 165 Å². The van der Waals surface area contributed by atoms with Crippen molar-refractivity contribution in [3.63, 3.8) is 0 Å². The van der Waals surface area contributed by atoms with E-state index in [4.69, 9.17) is 27.6 Å². The first kappa shape index (κ1) is 17.4. The number of rotatable bonds is 3. The molecule has 6 heteroatoms. The Morgan fingerprint density at radius 3 is 2.67 bits per heavy atom. The third-order valence-corrected chi connectivity index (χ3v) is 4.77. The number of aryl methyl sites for hydroxylation is 1. The van der Waals surface area contributed by atoms with Crippen LogP contribution in [0.4, 0.5) is 0 Å². The van der Waals surface area contributed by atoms with Crippen LogP contribution in [0, 0.1) is 18.3 Å². The first-order valence-corrected chi connectivity index (χ1v) is 8.93. The predicted molar refractivity (Wildman–Crippen MR) is 108 cm³/mol. The van der Waals surface area contributed by atoms with Crippen LogP contribution in [0.25, 0.3) is 34.0 Å². The number of imidazole rings is 1. The van der Waals surface area contributed by atoms with Crippen LogP contribution in [-0.2, 0) is 0 Å². The molecule has 27 heavy (non-hydrogen) atoms. The molecule has 0 aliphatic carbocycles. The summed E-state index contributed by atoms with van der Waals surface area (Å²) >= 11 is 12.5. The first-order valence-electron chi connectivity index (χ1n) is 8.18. The van der Waals surface area contributed by atoms with E-state index >= 15 is 0 Å². The molecule has 0 fully saturated rings. The van der Waals surface area contributed by atoms with Crippen LogP contribution in [0.15, 0.2) is 52.9 Å². The number of nitrogens with zero attached hydrogens (tertiary/aromatic N) is 2. The van der Waals surface area contributed by atoms with Crippen LogP contribution in [0.5, 0.6) is 0 Å². The van der Waals surface area contributed by atoms with Gasteiger partial charge >= 0.3 is 0 Å². The maximum Gasteiger partial charge on any atom is 0.149 e. The van der Waals surface area contributed by atoms with E-state index < -0.39 is 0 Å². The number of fused-ring (bicyclic) bond motifs is 1. The molecule has 4 nitrogen and oxygen atoms in total. The van der Waals surface area contributed by atoms with Gasteiger partial charge in [0.25, 0.3) is 0 Å². The van der Waals surface area contributed by atoms with Gasteiger partial charge in [0.1, 0.15) is 23.4 Å². The molecule has 0 atom stereocenters. The highest BCUT2D eigenvalue weighted by molar-refractivity contribution is 6.39. The standard InChI is InChI=1S/C21H13Cl2N3O/c1-12-5-7-17-18(9-12)26-21(25-17)13(11-24)10-14-6-8-19(27-14)20-15(22)3-2-4-16(20)23/h2-10H,1H3,(H,25,26). The van der Waals surface area contributed by atoms with E-state index in [-0.39, 0.29) is 0 Å². The Morgan fingerprint density at radius 2 is 1.93 bits per heavy atom. The van der Waals surface area contributed by atoms with E-state index in [9.17, 15) is 5.26 Å². The molecule has 4 aromatic rings. The summed E-state index contributed by atoms with van der Waals surface area (Å²) < 4.78 is 5.84. The minimum atomic E-state index is 0.370. The summed E-state index contributed by atoms with van der Waals surface area (Å²) in [4.78, 5) is 7.66. The summed E-state index contributed by atoms with van der Waals surface area (Å²) in [5.41, 5.74) is 3.80. The van der Waals surface area contributed by atoms with Gasteiger partial charge in [0.05, 0.1) is 32.2 Å². The lowest BCUT2D eigenvalue weighted by atomic mass is 10.2. The van der Waals surface area contributed by atoms with Gasteiger partial charge in [-0.25, -0.2) is 4.98 Å². The van der Waals surface area contributed by atoms with E-state index in [2.05, 4.69) is 16.0 Å². The number of hydrogen-bond acceptors (Lipinski definition) is 3. The Bertz CT molecular complexity index is 1210. The summed E-state index contributed by atoms with van der Waals surface area (Å²) in [6.07, 6.45) is 1.64. The molecule has 0 saturated heterocycles. The van der Waals surface area contributed by atoms with E-state index in [1.807, 2.05) is 25.1 Å². The van der Waals surface area contributed by atoms with E-state index in [1.165, 1.54) is 0 Å². The second kappa shape index (κ2) is 6.96. The number of nitriles is 1. The maximum absolute atomic E-state index is 9.57. The lowest BCUT2D eigenvalue weighted by molar-refractivity contribution is 0.572. The van der Waals surface area contributed by atoms with Crippen LogP contribution >= 0.6 is 23.2 Å². The summed E-state index contributed by atoms with van der Waals surface area (Å²) in [7, 11) is 0. The Hall–Kier alpha value is -3.00. The number of aromatic nitrogens is 2. The lowest BCUT2D eigenvalue weighted by Crippen LogP contribution is -1.84. The second-order valence-electron chi connectivity index (χ2n) is 6.07. The average Bonchev–Trinajstić information content (AvgIpc) is 3.26. The third kappa shape index (κ3) is 3.35. The van der Waals surface area contributed by atoms with Crippen LogP contribution in [0.3, 0.4) is 0 Å². The van der Waals surface area contributed by atoms with Gasteiger partial charge in [0.2, 0.25) is 0 Å². The maximum atomic E-state index is 9.57. The number of furan rings is 1. The van der Waals surface area contributed by atoms with Gasteiger partial charge in [-0.3, -0.25) is 0 Å². The zero-order valence-electron chi connectivity index (χ0n) is 14.3. The molecule has 132 valence electrons. The van der Waals surface area contributed by atoms with Crippen LogP contribution in [0.1, 0.15) is 17.1 Å². The van der Waals surface area contributed by atoms with Crippen molar-refractivity contribution in [3.05, 3.63) is 75.7 Å². The van der Waals surface area contributed by atoms with Gasteiger partial charge in [-0.2, -0.15) is 5.26 Å². The van der Waals surface area contributed by atoms with Gasteiger partial charge in [-0.05, 0) is 48.9 Å². The van der Waals surface area contributed by atoms with Gasteiger partial charge in [0.15, 0.2) is 0 Å². The van der Waals surface area contributed by atoms with Crippen LogP contribution < -0.4 is 0 Å². The van der Waals surface area contributed by atoms with Crippen molar-refractivity contribution in [1.82, 2.24) is 9.97 Å². The van der Waals surface area contributed by atoms with Gasteiger partial charge < -0.3 is 9.40 Å². The molecule has 2 heterocycles. The fourth-order valence-corrected chi connectivity index (χ4v) is 3.43. The lowest BCUT2D eigenvalue weighted by Gasteiger charge is -2.02. The summed E-state index contributed by atoms with van der Waals surface area (Å²) in [5, 5.41) is 10.6. The Morgan fingerprint density at radius 1 is 1.15 bits per heavy atom. The monoisotopic (exact) mass is 393 g/mol. The van der Waals surface area contributed by atoms with Crippen molar-refractivity contribution in [2.24, 2.45) is 0 Å². The Kier molecular flexibility index (Phi) is 4.49. The number of benzene rings is 2. The molecule has 0 unspecified atom stereocenters. The normalized spacial score (nSPS) is 11.7. The third-order valence-electron chi connectivity index (χ3n) is 4.14. The first-order chi connectivity index (χ1) is 13.0. The zero-order valence-corrected chi connectivity index (χ0v) is 15.8. The van der Waals surface area contributed by atoms with E-state index in [1.54, 1.807) is 36.4 Å². The zero-order chi connectivity index (χ0) is 19.0. The van der Waals surface area contributed by atoms with Crippen molar-refractivity contribution < 1.29 is 4.42 Å². The molecule has 4 rings (SSSR count). The molecule has 0 amide bonds. The molecule has 0 saturated carbocycles. The second-order valence-corrected chi connectivity index (χ2v) is 6.89. The molecule has 0 radical (unpaired) electrons. The largest absolute Gasteiger partial charge is 0.457 e. The smallest absolute Gasteiger partial charge is 0.149 e. The molecule has 2 aromatic heterocycles. The SMILES string of the molecule is Cc1ccc2nc(C(C#N)=Cc3ccc(-c4c(Cl)cccc4Cl)o3)[nH]c2c1. The fourth-order valence-electron chi connectivity index (χ4n) is 2.84. The average molecular weight is 394 g/mol. The fraction of sp³-hybridized carbons (Fsp3) is 0.0476. The molecule has 0 spiro atoms. The van der Waals surface area contributed by atoms with Crippen LogP contribution in [-0.4, -0.2) is 9.97 Å². The van der Waals surface area contributed by atoms with E-state index in [0.717, 1.165) is 16.6 Å². The number of hydrogen-bond donors (Lipinski definition) is 1. The molecule has 2 aromatic carbocycles. The van der Waals surface area contributed by atoms with Crippen molar-refractivity contribution in [1.29, 1.82) is 5.26 Å². The summed E-state index contributed by atoms with van der Waals surface area (Å²) in [5.74, 6) is 1.54. The van der Waals surface area contributed by atoms with Crippen molar-refractivity contribution in [2.45, 2.75) is 6.92 Å². The summed E-state index contributed by atoms with van der Waals surface area (Å²) in [6.45, 7) is 2.01. The number of aromatic amines is 1. The molecular formula is C21H13Cl2N3O. The molecule has 0 aliphatic heterocycles. The number of nitrogens with one attached hydrogen (secondary N) is 1. The van der Waals surface area contributed by atoms with Crippen molar-refractivity contribution in [2.75, 3.05) is 0 Å². The highest BCUT2D eigenvalue weighted by Gasteiger charge is 2.13. The van der Waals surface area contributed by atoms with Gasteiger partial charge in [0, 0.05) is 6.08 Å². The minimum absolute atomic E-state index is 0.370. The topological polar surface area (TPSA) is 65.6 Å². The van der Waals surface area contributed by atoms with Crippen molar-refractivity contribution >= 4 is 45.9 Å². The minimum Gasteiger partial charge on any atom is -0.457 e. The van der Waals surface area contributed by atoms with Crippen molar-refractivity contribution in [3.8, 4) is 17.4 Å². The molecule has 1 N–H and O–H groups in total. The molecular weight excluding hydrogens is 381 g/mol. The predicted octanol–water partition coefficient (Wildman–Crippen LogP) is 6.50. The highest BCUT2D eigenvalue weighted by atomic mass is 35.5. The summed E-state index contributed by atoms with van der Waals surface area (Å²) in [6, 6.07) is 16.9. The van der Waals surface area contributed by atoms with Crippen LogP contribution in [0.2, 0.25) is 10.0 Å². The number of H-pyrrole nitrogens is 1. The highest BCUT2D eigenvalue weighted by Crippen LogP contribution is 2.36. The molecule has 0 aliphatic rings. The quantitative estimate of drug-likeness (QED) is 0.403. The van der Waals surface area contributed by atoms with Gasteiger partial charge in [-0.15, -0.1) is 0 Å². The Balaban J connectivity index is 1.73. The number of allylic oxidation sites excluding steroid dienone is 1. The number of halogens is 2. The van der Waals surface area contributed by atoms with Gasteiger partial charge in [-0.1, -0.05) is 35.3 Å². The molecule has 0 bridgehead atoms.